The van der Waals surface area contributed by atoms with Gasteiger partial charge in [-0.05, 0) is 41.3 Å². The number of thiophene rings is 1. The van der Waals surface area contributed by atoms with E-state index in [4.69, 9.17) is 4.74 Å². The molecule has 3 rings (SSSR count). The number of esters is 1. The monoisotopic (exact) mass is 410 g/mol. The van der Waals surface area contributed by atoms with E-state index in [1.54, 1.807) is 6.07 Å². The van der Waals surface area contributed by atoms with Crippen molar-refractivity contribution in [3.05, 3.63) is 64.9 Å². The van der Waals surface area contributed by atoms with Crippen LogP contribution in [0.3, 0.4) is 0 Å². The molecular weight excluding hydrogens is 388 g/mol. The third-order valence-corrected chi connectivity index (χ3v) is 5.32. The fourth-order valence-corrected chi connectivity index (χ4v) is 3.71. The van der Waals surface area contributed by atoms with Crippen molar-refractivity contribution in [2.45, 2.75) is 32.4 Å². The Hall–Kier alpha value is -3.19. The van der Waals surface area contributed by atoms with Crippen LogP contribution >= 0.6 is 11.3 Å². The molecule has 2 unspecified atom stereocenters. The second-order valence-corrected chi connectivity index (χ2v) is 7.64. The van der Waals surface area contributed by atoms with Crippen LogP contribution in [-0.4, -0.2) is 23.9 Å². The molecular formula is C22H22N2O4S. The molecule has 29 heavy (non-hydrogen) atoms. The third-order valence-electron chi connectivity index (χ3n) is 4.33. The summed E-state index contributed by atoms with van der Waals surface area (Å²) >= 11 is 1.44. The summed E-state index contributed by atoms with van der Waals surface area (Å²) in [4.78, 5) is 37.0. The van der Waals surface area contributed by atoms with E-state index in [0.717, 1.165) is 15.6 Å². The van der Waals surface area contributed by atoms with Crippen molar-refractivity contribution in [3.8, 4) is 0 Å². The Morgan fingerprint density at radius 2 is 1.79 bits per heavy atom. The van der Waals surface area contributed by atoms with Crippen LogP contribution < -0.4 is 10.6 Å². The van der Waals surface area contributed by atoms with Gasteiger partial charge in [0.1, 0.15) is 0 Å². The molecule has 1 aromatic heterocycles. The number of rotatable bonds is 7. The molecule has 3 aromatic rings. The van der Waals surface area contributed by atoms with Crippen LogP contribution in [0.4, 0.5) is 5.69 Å². The van der Waals surface area contributed by atoms with Gasteiger partial charge in [-0.2, -0.15) is 0 Å². The smallest absolute Gasteiger partial charge is 0.309 e. The summed E-state index contributed by atoms with van der Waals surface area (Å²) in [7, 11) is 0. The first-order valence-corrected chi connectivity index (χ1v) is 10.1. The summed E-state index contributed by atoms with van der Waals surface area (Å²) in [6, 6.07) is 16.6. The maximum atomic E-state index is 12.4. The minimum atomic E-state index is -0.963. The van der Waals surface area contributed by atoms with E-state index in [1.807, 2.05) is 53.9 Å². The van der Waals surface area contributed by atoms with Crippen LogP contribution in [0.5, 0.6) is 0 Å². The van der Waals surface area contributed by atoms with Crippen molar-refractivity contribution < 1.29 is 19.1 Å². The fourth-order valence-electron chi connectivity index (χ4n) is 2.93. The van der Waals surface area contributed by atoms with Gasteiger partial charge in [-0.1, -0.05) is 36.4 Å². The van der Waals surface area contributed by atoms with E-state index in [2.05, 4.69) is 10.6 Å². The van der Waals surface area contributed by atoms with Gasteiger partial charge in [0, 0.05) is 17.5 Å². The van der Waals surface area contributed by atoms with Gasteiger partial charge in [-0.25, -0.2) is 0 Å². The Bertz CT molecular complexity index is 1020. The number of hydrogen-bond donors (Lipinski definition) is 2. The molecule has 0 fully saturated rings. The maximum absolute atomic E-state index is 12.4. The Morgan fingerprint density at radius 1 is 1.03 bits per heavy atom. The normalized spacial score (nSPS) is 12.8. The lowest BCUT2D eigenvalue weighted by Crippen LogP contribution is -2.32. The highest BCUT2D eigenvalue weighted by molar-refractivity contribution is 7.10. The fraction of sp³-hybridized carbons (Fsp3) is 0.227. The molecule has 6 nitrogen and oxygen atoms in total. The highest BCUT2D eigenvalue weighted by Gasteiger charge is 2.23. The Balaban J connectivity index is 1.58. The number of carbonyl (C=O) groups excluding carboxylic acids is 3. The van der Waals surface area contributed by atoms with E-state index < -0.39 is 24.0 Å². The zero-order valence-corrected chi connectivity index (χ0v) is 17.0. The Labute approximate surface area is 172 Å². The molecule has 7 heteroatoms. The summed E-state index contributed by atoms with van der Waals surface area (Å²) in [5, 5.41) is 9.46. The topological polar surface area (TPSA) is 84.5 Å². The molecule has 0 radical (unpaired) electrons. The van der Waals surface area contributed by atoms with Gasteiger partial charge < -0.3 is 15.4 Å². The molecule has 0 aliphatic heterocycles. The van der Waals surface area contributed by atoms with Gasteiger partial charge in [-0.3, -0.25) is 14.4 Å². The van der Waals surface area contributed by atoms with Gasteiger partial charge in [-0.15, -0.1) is 11.3 Å². The van der Waals surface area contributed by atoms with Crippen LogP contribution in [0.25, 0.3) is 10.8 Å². The summed E-state index contributed by atoms with van der Waals surface area (Å²) < 4.78 is 5.28. The molecule has 2 amide bonds. The number of hydrogen-bond acceptors (Lipinski definition) is 5. The molecule has 0 aliphatic rings. The van der Waals surface area contributed by atoms with Crippen LogP contribution in [0.1, 0.15) is 31.2 Å². The number of nitrogens with one attached hydrogen (secondary N) is 2. The van der Waals surface area contributed by atoms with E-state index in [9.17, 15) is 14.4 Å². The molecule has 2 N–H and O–H groups in total. The predicted octanol–water partition coefficient (Wildman–Crippen LogP) is 4.04. The van der Waals surface area contributed by atoms with Crippen molar-refractivity contribution in [1.29, 1.82) is 0 Å². The molecule has 0 saturated carbocycles. The lowest BCUT2D eigenvalue weighted by molar-refractivity contribution is -0.153. The molecule has 0 bridgehead atoms. The van der Waals surface area contributed by atoms with E-state index in [1.165, 1.54) is 25.2 Å². The molecule has 150 valence electrons. The lowest BCUT2D eigenvalue weighted by atomic mass is 10.1. The SMILES string of the molecule is CC(=O)NC(CC(=O)OC(C)C(=O)Nc1ccc2ccccc2c1)c1cccs1. The summed E-state index contributed by atoms with van der Waals surface area (Å²) in [6.07, 6.45) is -1.01. The number of amides is 2. The van der Waals surface area contributed by atoms with E-state index in [-0.39, 0.29) is 12.3 Å². The first-order valence-electron chi connectivity index (χ1n) is 9.22. The quantitative estimate of drug-likeness (QED) is 0.576. The second kappa shape index (κ2) is 9.34. The highest BCUT2D eigenvalue weighted by Crippen LogP contribution is 2.23. The summed E-state index contributed by atoms with van der Waals surface area (Å²) in [5.74, 6) is -1.21. The van der Waals surface area contributed by atoms with Gasteiger partial charge in [0.15, 0.2) is 6.10 Å². The number of carbonyl (C=O) groups is 3. The van der Waals surface area contributed by atoms with Crippen LogP contribution in [0, 0.1) is 0 Å². The van der Waals surface area contributed by atoms with E-state index in [0.29, 0.717) is 5.69 Å². The summed E-state index contributed by atoms with van der Waals surface area (Å²) in [5.41, 5.74) is 0.631. The average Bonchev–Trinajstić information content (AvgIpc) is 3.21. The first kappa shape index (κ1) is 20.5. The van der Waals surface area contributed by atoms with Crippen LogP contribution in [0.15, 0.2) is 60.0 Å². The number of fused-ring (bicyclic) bond motifs is 1. The van der Waals surface area contributed by atoms with Gasteiger partial charge in [0.25, 0.3) is 5.91 Å². The Kier molecular flexibility index (Phi) is 6.61. The van der Waals surface area contributed by atoms with Crippen LogP contribution in [-0.2, 0) is 19.1 Å². The zero-order valence-electron chi connectivity index (χ0n) is 16.2. The minimum Gasteiger partial charge on any atom is -0.452 e. The minimum absolute atomic E-state index is 0.0479. The molecule has 0 saturated heterocycles. The maximum Gasteiger partial charge on any atom is 0.309 e. The third kappa shape index (κ3) is 5.65. The molecule has 0 spiro atoms. The number of anilines is 1. The highest BCUT2D eigenvalue weighted by atomic mass is 32.1. The Morgan fingerprint density at radius 3 is 2.48 bits per heavy atom. The molecule has 2 atom stereocenters. The first-order chi connectivity index (χ1) is 13.9. The van der Waals surface area contributed by atoms with Crippen molar-refractivity contribution in [3.63, 3.8) is 0 Å². The predicted molar refractivity (Wildman–Crippen MR) is 114 cm³/mol. The van der Waals surface area contributed by atoms with Gasteiger partial charge in [0.2, 0.25) is 5.91 Å². The van der Waals surface area contributed by atoms with Gasteiger partial charge >= 0.3 is 5.97 Å². The second-order valence-electron chi connectivity index (χ2n) is 6.66. The van der Waals surface area contributed by atoms with Crippen molar-refractivity contribution in [2.75, 3.05) is 5.32 Å². The van der Waals surface area contributed by atoms with Gasteiger partial charge in [0.05, 0.1) is 12.5 Å². The van der Waals surface area contributed by atoms with Crippen molar-refractivity contribution in [2.24, 2.45) is 0 Å². The van der Waals surface area contributed by atoms with Crippen LogP contribution in [0.2, 0.25) is 0 Å². The van der Waals surface area contributed by atoms with Crippen molar-refractivity contribution in [1.82, 2.24) is 5.32 Å². The molecule has 1 heterocycles. The number of benzene rings is 2. The van der Waals surface area contributed by atoms with Crippen molar-refractivity contribution >= 4 is 45.6 Å². The lowest BCUT2D eigenvalue weighted by Gasteiger charge is -2.18. The summed E-state index contributed by atoms with van der Waals surface area (Å²) in [6.45, 7) is 2.92. The average molecular weight is 410 g/mol. The largest absolute Gasteiger partial charge is 0.452 e. The number of ether oxygens (including phenoxy) is 1. The molecule has 0 aliphatic carbocycles. The standard InChI is InChI=1S/C22H22N2O4S/c1-14(22(27)24-18-10-9-16-6-3-4-7-17(16)12-18)28-21(26)13-19(23-15(2)25)20-8-5-11-29-20/h3-12,14,19H,13H2,1-2H3,(H,23,25)(H,24,27). The zero-order chi connectivity index (χ0) is 20.8. The molecule has 2 aromatic carbocycles. The van der Waals surface area contributed by atoms with E-state index >= 15 is 0 Å².